The van der Waals surface area contributed by atoms with Gasteiger partial charge in [-0.1, -0.05) is 48.0 Å². The molecule has 8 heteroatoms. The summed E-state index contributed by atoms with van der Waals surface area (Å²) in [4.78, 5) is 30.0. The minimum Gasteiger partial charge on any atom is -0.496 e. The Balaban J connectivity index is 1.46. The molecule has 4 aromatic carbocycles. The molecule has 0 amide bonds. The van der Waals surface area contributed by atoms with Crippen molar-refractivity contribution in [3.05, 3.63) is 99.2 Å². The quantitative estimate of drug-likeness (QED) is 0.153. The van der Waals surface area contributed by atoms with Crippen molar-refractivity contribution in [2.24, 2.45) is 0 Å². The third-order valence-electron chi connectivity index (χ3n) is 7.30. The number of aromatic amines is 1. The largest absolute Gasteiger partial charge is 0.496 e. The number of hydrogen-bond donors (Lipinski definition) is 2. The van der Waals surface area contributed by atoms with Crippen LogP contribution in [0.4, 0.5) is 0 Å². The summed E-state index contributed by atoms with van der Waals surface area (Å²) in [5, 5.41) is 14.9. The lowest BCUT2D eigenvalue weighted by atomic mass is 9.86. The highest BCUT2D eigenvalue weighted by atomic mass is 35.5. The maximum absolute atomic E-state index is 13.8. The second-order valence-electron chi connectivity index (χ2n) is 10.3. The molecule has 0 fully saturated rings. The summed E-state index contributed by atoms with van der Waals surface area (Å²) in [5.74, 6) is -0.00148. The van der Waals surface area contributed by atoms with E-state index >= 15 is 0 Å². The summed E-state index contributed by atoms with van der Waals surface area (Å²) in [6.45, 7) is 3.46. The highest BCUT2D eigenvalue weighted by molar-refractivity contribution is 6.30. The third kappa shape index (κ3) is 4.37. The molecule has 7 nitrogen and oxygen atoms in total. The number of rotatable bonds is 4. The van der Waals surface area contributed by atoms with Crippen LogP contribution in [0, 0.1) is 0 Å². The molecule has 0 saturated carbocycles. The predicted molar refractivity (Wildman–Crippen MR) is 156 cm³/mol. The zero-order valence-corrected chi connectivity index (χ0v) is 22.8. The van der Waals surface area contributed by atoms with Crippen LogP contribution in [0.5, 0.6) is 11.5 Å². The molecule has 0 bridgehead atoms. The van der Waals surface area contributed by atoms with Crippen LogP contribution in [0.1, 0.15) is 31.1 Å². The highest BCUT2D eigenvalue weighted by Gasteiger charge is 2.47. The molecule has 6 rings (SSSR count). The van der Waals surface area contributed by atoms with Crippen molar-refractivity contribution in [2.45, 2.75) is 31.7 Å². The van der Waals surface area contributed by atoms with Gasteiger partial charge in [-0.2, -0.15) is 0 Å². The predicted octanol–water partition coefficient (Wildman–Crippen LogP) is 6.33. The molecular weight excluding hydrogens is 530 g/mol. The summed E-state index contributed by atoms with van der Waals surface area (Å²) < 4.78 is 17.6. The number of ether oxygens (including phenoxy) is 3. The van der Waals surface area contributed by atoms with Crippen LogP contribution in [0.15, 0.2) is 77.6 Å². The van der Waals surface area contributed by atoms with E-state index in [-0.39, 0.29) is 10.8 Å². The first-order valence-electron chi connectivity index (χ1n) is 12.8. The smallest absolute Gasteiger partial charge is 0.331 e. The lowest BCUT2D eigenvalue weighted by Crippen LogP contribution is -2.51. The second-order valence-corrected chi connectivity index (χ2v) is 10.8. The van der Waals surface area contributed by atoms with Crippen LogP contribution in [-0.2, 0) is 9.53 Å². The van der Waals surface area contributed by atoms with Crippen LogP contribution >= 0.6 is 11.6 Å². The lowest BCUT2D eigenvalue weighted by Gasteiger charge is -2.42. The van der Waals surface area contributed by atoms with Gasteiger partial charge in [0.05, 0.1) is 29.1 Å². The van der Waals surface area contributed by atoms with Gasteiger partial charge in [0.2, 0.25) is 5.43 Å². The van der Waals surface area contributed by atoms with E-state index < -0.39 is 23.8 Å². The number of fused-ring (bicyclic) bond motifs is 5. The van der Waals surface area contributed by atoms with E-state index in [0.29, 0.717) is 38.5 Å². The minimum atomic E-state index is -1.30. The van der Waals surface area contributed by atoms with E-state index in [2.05, 4.69) is 4.98 Å². The molecule has 5 aromatic rings. The van der Waals surface area contributed by atoms with Gasteiger partial charge in [-0.25, -0.2) is 4.79 Å². The second kappa shape index (κ2) is 9.70. The number of hydrogen-bond acceptors (Lipinski definition) is 6. The molecule has 0 spiro atoms. The molecule has 1 aromatic heterocycles. The topological polar surface area (TPSA) is 97.9 Å². The van der Waals surface area contributed by atoms with Crippen molar-refractivity contribution in [3.63, 3.8) is 0 Å². The van der Waals surface area contributed by atoms with Gasteiger partial charge in [-0.3, -0.25) is 4.79 Å². The molecule has 40 heavy (non-hydrogen) atoms. The molecule has 202 valence electrons. The monoisotopic (exact) mass is 555 g/mol. The van der Waals surface area contributed by atoms with Gasteiger partial charge in [0.1, 0.15) is 23.2 Å². The number of aliphatic hydroxyl groups is 1. The number of aliphatic hydroxyl groups excluding tert-OH is 1. The summed E-state index contributed by atoms with van der Waals surface area (Å²) in [6, 6.07) is 20.1. The van der Waals surface area contributed by atoms with Gasteiger partial charge < -0.3 is 24.3 Å². The Hall–Kier alpha value is -4.33. The number of pyridine rings is 1. The van der Waals surface area contributed by atoms with Crippen LogP contribution in [-0.4, -0.2) is 34.9 Å². The Morgan fingerprint density at radius 3 is 2.48 bits per heavy atom. The number of carbonyl (C=O) groups is 1. The van der Waals surface area contributed by atoms with Gasteiger partial charge in [0.15, 0.2) is 6.10 Å². The number of aromatic nitrogens is 1. The van der Waals surface area contributed by atoms with Gasteiger partial charge in [-0.15, -0.1) is 0 Å². The first kappa shape index (κ1) is 25.9. The molecule has 2 atom stereocenters. The fraction of sp³-hybridized carbons (Fsp3) is 0.188. The molecule has 1 aliphatic heterocycles. The van der Waals surface area contributed by atoms with E-state index in [4.69, 9.17) is 25.8 Å². The molecule has 1 aliphatic rings. The molecule has 0 saturated heterocycles. The fourth-order valence-corrected chi connectivity index (χ4v) is 5.45. The normalized spacial score (nSPS) is 18.1. The maximum atomic E-state index is 13.8. The number of benzene rings is 4. The Bertz CT molecular complexity index is 1890. The van der Waals surface area contributed by atoms with E-state index in [1.54, 1.807) is 50.3 Å². The average Bonchev–Trinajstić information content (AvgIpc) is 2.93. The van der Waals surface area contributed by atoms with E-state index in [1.165, 1.54) is 13.2 Å². The Kier molecular flexibility index (Phi) is 6.28. The van der Waals surface area contributed by atoms with Crippen LogP contribution in [0.2, 0.25) is 5.02 Å². The highest BCUT2D eigenvalue weighted by Crippen LogP contribution is 2.47. The number of esters is 1. The first-order valence-corrected chi connectivity index (χ1v) is 13.1. The number of nitrogens with one attached hydrogen (secondary N) is 1. The fourth-order valence-electron chi connectivity index (χ4n) is 5.33. The van der Waals surface area contributed by atoms with E-state index in [9.17, 15) is 14.7 Å². The molecule has 0 aliphatic carbocycles. The molecule has 2 heterocycles. The lowest BCUT2D eigenvalue weighted by molar-refractivity contribution is -0.171. The van der Waals surface area contributed by atoms with Crippen molar-refractivity contribution in [1.82, 2.24) is 4.98 Å². The molecular formula is C32H26ClNO6. The van der Waals surface area contributed by atoms with Crippen molar-refractivity contribution < 1.29 is 24.1 Å². The van der Waals surface area contributed by atoms with Crippen molar-refractivity contribution in [3.8, 4) is 11.5 Å². The molecule has 2 N–H and O–H groups in total. The zero-order valence-electron chi connectivity index (χ0n) is 22.0. The zero-order chi connectivity index (χ0) is 28.2. The first-order chi connectivity index (χ1) is 19.2. The van der Waals surface area contributed by atoms with Gasteiger partial charge in [-0.05, 0) is 60.5 Å². The Morgan fingerprint density at radius 1 is 1.07 bits per heavy atom. The Morgan fingerprint density at radius 2 is 1.77 bits per heavy atom. The Labute approximate surface area is 234 Å². The maximum Gasteiger partial charge on any atom is 0.331 e. The summed E-state index contributed by atoms with van der Waals surface area (Å²) in [7, 11) is 1.48. The summed E-state index contributed by atoms with van der Waals surface area (Å²) >= 11 is 5.93. The molecule has 0 radical (unpaired) electrons. The summed E-state index contributed by atoms with van der Waals surface area (Å²) in [5.41, 5.74) is 0.710. The van der Waals surface area contributed by atoms with Crippen molar-refractivity contribution >= 4 is 56.2 Å². The van der Waals surface area contributed by atoms with Gasteiger partial charge >= 0.3 is 5.97 Å². The molecule has 2 unspecified atom stereocenters. The van der Waals surface area contributed by atoms with Gasteiger partial charge in [0, 0.05) is 22.6 Å². The minimum absolute atomic E-state index is 0.245. The van der Waals surface area contributed by atoms with E-state index in [0.717, 1.165) is 16.3 Å². The van der Waals surface area contributed by atoms with Crippen molar-refractivity contribution in [1.29, 1.82) is 0 Å². The summed E-state index contributed by atoms with van der Waals surface area (Å²) in [6.07, 6.45) is 0.515. The van der Waals surface area contributed by atoms with Crippen LogP contribution in [0.25, 0.3) is 38.7 Å². The number of H-pyrrole nitrogens is 1. The van der Waals surface area contributed by atoms with Crippen LogP contribution in [0.3, 0.4) is 0 Å². The SMILES string of the molecule is COc1cc2c(c3[nH]c4cc5ccccc5cc4c(=O)c13)C(O)C(OC(=O)/C=C/c1ccc(Cl)cc1)C(C)(C)O2. The number of methoxy groups -OCH3 is 1. The standard InChI is InChI=1S/C32H26ClNO6/c1-32(2)31(39-25(35)13-10-17-8-11-20(33)12-9-17)30(37)27-24(40-32)16-23(38-3)26-28(27)34-22-15-19-7-5-4-6-18(19)14-21(22)29(26)36/h4-16,30-31,37H,1-3H3,(H,34,36)/b13-10+. The van der Waals surface area contributed by atoms with E-state index in [1.807, 2.05) is 36.4 Å². The van der Waals surface area contributed by atoms with Crippen molar-refractivity contribution in [2.75, 3.05) is 7.11 Å². The number of carbonyl (C=O) groups excluding carboxylic acids is 1. The van der Waals surface area contributed by atoms with Gasteiger partial charge in [0.25, 0.3) is 0 Å². The third-order valence-corrected chi connectivity index (χ3v) is 7.55. The van der Waals surface area contributed by atoms with Crippen LogP contribution < -0.4 is 14.9 Å². The number of halogens is 1. The average molecular weight is 556 g/mol.